The number of hydrogen-bond acceptors (Lipinski definition) is 2. The fraction of sp³-hybridized carbons (Fsp3) is 0.300. The van der Waals surface area contributed by atoms with Crippen LogP contribution < -0.4 is 5.73 Å². The number of anilines is 1. The number of nitrogen functional groups attached to an aromatic ring is 1. The van der Waals surface area contributed by atoms with Crippen LogP contribution in [0.4, 0.5) is 5.69 Å². The minimum Gasteiger partial charge on any atom is -0.399 e. The molecular formula is C20H23N3. The predicted molar refractivity (Wildman–Crippen MR) is 96.4 cm³/mol. The molecule has 3 nitrogen and oxygen atoms in total. The number of fused-ring (bicyclic) bond motifs is 1. The van der Waals surface area contributed by atoms with Crippen molar-refractivity contribution in [3.05, 3.63) is 65.9 Å². The predicted octanol–water partition coefficient (Wildman–Crippen LogP) is 4.13. The lowest BCUT2D eigenvalue weighted by Crippen LogP contribution is -2.32. The van der Waals surface area contributed by atoms with Crippen LogP contribution in [0.2, 0.25) is 0 Å². The van der Waals surface area contributed by atoms with Gasteiger partial charge in [0.15, 0.2) is 0 Å². The standard InChI is InChI=1S/C20H23N3/c21-17-7-5-15(6-8-17)14-23-11-9-16(10-12-23)19-13-22-20-4-2-1-3-18(19)20/h1-8,13,16,22H,9-12,14,21H2. The molecule has 0 unspecified atom stereocenters. The Balaban J connectivity index is 1.42. The summed E-state index contributed by atoms with van der Waals surface area (Å²) in [4.78, 5) is 5.97. The van der Waals surface area contributed by atoms with E-state index in [0.717, 1.165) is 25.3 Å². The van der Waals surface area contributed by atoms with E-state index in [4.69, 9.17) is 5.73 Å². The molecule has 3 N–H and O–H groups in total. The van der Waals surface area contributed by atoms with Gasteiger partial charge in [0, 0.05) is 29.3 Å². The van der Waals surface area contributed by atoms with Crippen molar-refractivity contribution < 1.29 is 0 Å². The van der Waals surface area contributed by atoms with Gasteiger partial charge in [-0.15, -0.1) is 0 Å². The molecule has 0 radical (unpaired) electrons. The summed E-state index contributed by atoms with van der Waals surface area (Å²) in [6.45, 7) is 3.35. The number of nitrogens with two attached hydrogens (primary N) is 1. The quantitative estimate of drug-likeness (QED) is 0.715. The van der Waals surface area contributed by atoms with Crippen LogP contribution in [-0.2, 0) is 6.54 Å². The Morgan fingerprint density at radius 3 is 2.52 bits per heavy atom. The van der Waals surface area contributed by atoms with Gasteiger partial charge < -0.3 is 10.7 Å². The summed E-state index contributed by atoms with van der Waals surface area (Å²) < 4.78 is 0. The van der Waals surface area contributed by atoms with Gasteiger partial charge in [0.1, 0.15) is 0 Å². The number of likely N-dealkylation sites (tertiary alicyclic amines) is 1. The number of aromatic nitrogens is 1. The molecule has 23 heavy (non-hydrogen) atoms. The number of benzene rings is 2. The van der Waals surface area contributed by atoms with E-state index in [0.29, 0.717) is 5.92 Å². The lowest BCUT2D eigenvalue weighted by Gasteiger charge is -2.32. The Hall–Kier alpha value is -2.26. The van der Waals surface area contributed by atoms with Gasteiger partial charge in [0.2, 0.25) is 0 Å². The van der Waals surface area contributed by atoms with E-state index in [1.807, 2.05) is 12.1 Å². The average Bonchev–Trinajstić information content (AvgIpc) is 3.02. The van der Waals surface area contributed by atoms with E-state index in [-0.39, 0.29) is 0 Å². The molecule has 4 rings (SSSR count). The molecule has 0 aliphatic carbocycles. The van der Waals surface area contributed by atoms with Crippen LogP contribution in [0.15, 0.2) is 54.7 Å². The van der Waals surface area contributed by atoms with E-state index in [9.17, 15) is 0 Å². The fourth-order valence-corrected chi connectivity index (χ4v) is 3.72. The summed E-state index contributed by atoms with van der Waals surface area (Å²) in [5, 5.41) is 1.39. The van der Waals surface area contributed by atoms with Gasteiger partial charge in [-0.3, -0.25) is 4.90 Å². The molecule has 3 aromatic rings. The Morgan fingerprint density at radius 2 is 1.74 bits per heavy atom. The first-order valence-electron chi connectivity index (χ1n) is 8.42. The van der Waals surface area contributed by atoms with E-state index in [1.54, 1.807) is 0 Å². The van der Waals surface area contributed by atoms with E-state index in [1.165, 1.54) is 34.9 Å². The van der Waals surface area contributed by atoms with Crippen molar-refractivity contribution in [3.8, 4) is 0 Å². The first-order chi connectivity index (χ1) is 11.3. The van der Waals surface area contributed by atoms with Gasteiger partial charge in [0.25, 0.3) is 0 Å². The summed E-state index contributed by atoms with van der Waals surface area (Å²) in [7, 11) is 0. The second-order valence-corrected chi connectivity index (χ2v) is 6.58. The summed E-state index contributed by atoms with van der Waals surface area (Å²) >= 11 is 0. The highest BCUT2D eigenvalue weighted by Gasteiger charge is 2.22. The van der Waals surface area contributed by atoms with Crippen molar-refractivity contribution >= 4 is 16.6 Å². The number of rotatable bonds is 3. The van der Waals surface area contributed by atoms with Gasteiger partial charge in [-0.05, 0) is 61.2 Å². The monoisotopic (exact) mass is 305 g/mol. The molecule has 2 heterocycles. The Labute approximate surface area is 137 Å². The van der Waals surface area contributed by atoms with Crippen molar-refractivity contribution in [2.45, 2.75) is 25.3 Å². The summed E-state index contributed by atoms with van der Waals surface area (Å²) in [6.07, 6.45) is 4.68. The summed E-state index contributed by atoms with van der Waals surface area (Å²) in [6, 6.07) is 16.9. The molecule has 0 spiro atoms. The maximum atomic E-state index is 5.76. The fourth-order valence-electron chi connectivity index (χ4n) is 3.72. The molecular weight excluding hydrogens is 282 g/mol. The average molecular weight is 305 g/mol. The van der Waals surface area contributed by atoms with E-state index in [2.05, 4.69) is 52.5 Å². The largest absolute Gasteiger partial charge is 0.399 e. The third kappa shape index (κ3) is 2.97. The number of para-hydroxylation sites is 1. The molecule has 1 aliphatic heterocycles. The Kier molecular flexibility index (Phi) is 3.80. The highest BCUT2D eigenvalue weighted by Crippen LogP contribution is 2.33. The second kappa shape index (κ2) is 6.09. The number of hydrogen-bond donors (Lipinski definition) is 2. The molecule has 0 bridgehead atoms. The second-order valence-electron chi connectivity index (χ2n) is 6.58. The molecule has 118 valence electrons. The molecule has 3 heteroatoms. The van der Waals surface area contributed by atoms with Crippen LogP contribution in [0.1, 0.15) is 29.9 Å². The van der Waals surface area contributed by atoms with Crippen molar-refractivity contribution in [2.24, 2.45) is 0 Å². The molecule has 0 amide bonds. The third-order valence-corrected chi connectivity index (χ3v) is 5.03. The van der Waals surface area contributed by atoms with Gasteiger partial charge >= 0.3 is 0 Å². The van der Waals surface area contributed by atoms with Crippen LogP contribution >= 0.6 is 0 Å². The molecule has 0 saturated carbocycles. The van der Waals surface area contributed by atoms with Gasteiger partial charge in [-0.1, -0.05) is 30.3 Å². The number of piperidine rings is 1. The van der Waals surface area contributed by atoms with Crippen LogP contribution in [0.5, 0.6) is 0 Å². The summed E-state index contributed by atoms with van der Waals surface area (Å²) in [5.74, 6) is 0.675. The maximum Gasteiger partial charge on any atom is 0.0456 e. The van der Waals surface area contributed by atoms with Crippen LogP contribution in [0.3, 0.4) is 0 Å². The van der Waals surface area contributed by atoms with Crippen LogP contribution in [0.25, 0.3) is 10.9 Å². The van der Waals surface area contributed by atoms with Gasteiger partial charge in [0.05, 0.1) is 0 Å². The van der Waals surface area contributed by atoms with Gasteiger partial charge in [-0.2, -0.15) is 0 Å². The highest BCUT2D eigenvalue weighted by molar-refractivity contribution is 5.83. The number of nitrogens with zero attached hydrogens (tertiary/aromatic N) is 1. The van der Waals surface area contributed by atoms with Gasteiger partial charge in [-0.25, -0.2) is 0 Å². The number of aromatic amines is 1. The van der Waals surface area contributed by atoms with E-state index >= 15 is 0 Å². The zero-order chi connectivity index (χ0) is 15.6. The van der Waals surface area contributed by atoms with Crippen molar-refractivity contribution in [2.75, 3.05) is 18.8 Å². The SMILES string of the molecule is Nc1ccc(CN2CCC(c3c[nH]c4ccccc34)CC2)cc1. The topological polar surface area (TPSA) is 45.0 Å². The minimum absolute atomic E-state index is 0.675. The molecule has 2 aromatic carbocycles. The van der Waals surface area contributed by atoms with Crippen molar-refractivity contribution in [3.63, 3.8) is 0 Å². The summed E-state index contributed by atoms with van der Waals surface area (Å²) in [5.41, 5.74) is 10.7. The third-order valence-electron chi connectivity index (χ3n) is 5.03. The maximum absolute atomic E-state index is 5.76. The molecule has 0 atom stereocenters. The number of nitrogens with one attached hydrogen (secondary N) is 1. The lowest BCUT2D eigenvalue weighted by molar-refractivity contribution is 0.205. The molecule has 1 fully saturated rings. The molecule has 1 saturated heterocycles. The Morgan fingerprint density at radius 1 is 1.00 bits per heavy atom. The minimum atomic E-state index is 0.675. The van der Waals surface area contributed by atoms with Crippen LogP contribution in [0, 0.1) is 0 Å². The zero-order valence-electron chi connectivity index (χ0n) is 13.3. The zero-order valence-corrected chi connectivity index (χ0v) is 13.3. The molecule has 1 aliphatic rings. The Bertz CT molecular complexity index is 780. The lowest BCUT2D eigenvalue weighted by atomic mass is 9.89. The first kappa shape index (κ1) is 14.3. The first-order valence-corrected chi connectivity index (χ1v) is 8.42. The van der Waals surface area contributed by atoms with E-state index < -0.39 is 0 Å². The smallest absolute Gasteiger partial charge is 0.0456 e. The van der Waals surface area contributed by atoms with Crippen molar-refractivity contribution in [1.29, 1.82) is 0 Å². The highest BCUT2D eigenvalue weighted by atomic mass is 15.1. The molecule has 1 aromatic heterocycles. The number of H-pyrrole nitrogens is 1. The van der Waals surface area contributed by atoms with Crippen LogP contribution in [-0.4, -0.2) is 23.0 Å². The van der Waals surface area contributed by atoms with Crippen molar-refractivity contribution in [1.82, 2.24) is 9.88 Å². The normalized spacial score (nSPS) is 16.9.